The number of hydrogen-bond donors (Lipinski definition) is 2. The Hall–Kier alpha value is -0.670. The molecular formula is C30H50O3. The highest BCUT2D eigenvalue weighted by molar-refractivity contribution is 5.85. The molecule has 4 saturated carbocycles. The molecule has 0 radical (unpaired) electrons. The van der Waals surface area contributed by atoms with Crippen molar-refractivity contribution in [3.8, 4) is 0 Å². The summed E-state index contributed by atoms with van der Waals surface area (Å²) >= 11 is 0. The molecule has 4 fully saturated rings. The Morgan fingerprint density at radius 1 is 1.00 bits per heavy atom. The first-order valence-corrected chi connectivity index (χ1v) is 13.7. The highest BCUT2D eigenvalue weighted by Gasteiger charge is 2.68. The van der Waals surface area contributed by atoms with Gasteiger partial charge in [-0.1, -0.05) is 46.8 Å². The van der Waals surface area contributed by atoms with Gasteiger partial charge in [-0.25, -0.2) is 0 Å². The lowest BCUT2D eigenvalue weighted by molar-refractivity contribution is -0.201. The summed E-state index contributed by atoms with van der Waals surface area (Å²) in [5, 5.41) is 20.5. The minimum atomic E-state index is -1.06. The second kappa shape index (κ2) is 7.92. The van der Waals surface area contributed by atoms with Crippen LogP contribution < -0.4 is 0 Å². The predicted octanol–water partition coefficient (Wildman–Crippen LogP) is 6.71. The zero-order chi connectivity index (χ0) is 24.6. The fraction of sp³-hybridized carbons (Fsp3) is 0.900. The van der Waals surface area contributed by atoms with Gasteiger partial charge >= 0.3 is 0 Å². The molecule has 0 aromatic rings. The van der Waals surface area contributed by atoms with Crippen molar-refractivity contribution in [1.29, 1.82) is 0 Å². The predicted molar refractivity (Wildman–Crippen MR) is 135 cm³/mol. The van der Waals surface area contributed by atoms with Crippen molar-refractivity contribution in [2.24, 2.45) is 45.3 Å². The van der Waals surface area contributed by atoms with Crippen LogP contribution in [0, 0.1) is 45.3 Å². The summed E-state index contributed by atoms with van der Waals surface area (Å²) in [5.41, 5.74) is 0.958. The van der Waals surface area contributed by atoms with Gasteiger partial charge in [-0.05, 0) is 112 Å². The first-order valence-electron chi connectivity index (χ1n) is 13.7. The smallest absolute Gasteiger partial charge is 0.138 e. The Labute approximate surface area is 202 Å². The van der Waals surface area contributed by atoms with Crippen LogP contribution in [-0.2, 0) is 4.79 Å². The number of hydrogen-bond acceptors (Lipinski definition) is 3. The molecule has 0 saturated heterocycles. The number of carbonyl (C=O) groups is 1. The highest BCUT2D eigenvalue weighted by Crippen LogP contribution is 2.75. The Kier molecular flexibility index (Phi) is 6.10. The van der Waals surface area contributed by atoms with Crippen molar-refractivity contribution in [1.82, 2.24) is 0 Å². The van der Waals surface area contributed by atoms with Gasteiger partial charge in [0.2, 0.25) is 0 Å². The van der Waals surface area contributed by atoms with Crippen molar-refractivity contribution in [3.63, 3.8) is 0 Å². The normalized spacial score (nSPS) is 45.7. The van der Waals surface area contributed by atoms with Crippen molar-refractivity contribution >= 4 is 5.78 Å². The number of fused-ring (bicyclic) bond motifs is 5. The van der Waals surface area contributed by atoms with E-state index in [1.54, 1.807) is 13.8 Å². The standard InChI is InChI=1S/C30H50O3/c1-19(9-12-25(32)27(4,5)33)20-13-17-29(7)21(20)10-11-23-28(6)16-15-24(31)26(2,3)22(28)14-18-30(23,29)8/h20-23,25,32-33H,1,9-18H2,2-8H3/t20-,21-,22-,23-,25?,28-,29+,30+/m0/s1. The Bertz CT molecular complexity index is 806. The number of ketones is 1. The van der Waals surface area contributed by atoms with Crippen molar-refractivity contribution in [3.05, 3.63) is 12.2 Å². The lowest BCUT2D eigenvalue weighted by Gasteiger charge is -2.69. The topological polar surface area (TPSA) is 57.5 Å². The van der Waals surface area contributed by atoms with Gasteiger partial charge in [-0.2, -0.15) is 0 Å². The van der Waals surface area contributed by atoms with Gasteiger partial charge in [-0.3, -0.25) is 4.79 Å². The Morgan fingerprint density at radius 2 is 1.64 bits per heavy atom. The van der Waals surface area contributed by atoms with Crippen LogP contribution in [0.1, 0.15) is 113 Å². The zero-order valence-electron chi connectivity index (χ0n) is 22.5. The van der Waals surface area contributed by atoms with E-state index in [0.29, 0.717) is 46.7 Å². The van der Waals surface area contributed by atoms with Gasteiger partial charge in [0.25, 0.3) is 0 Å². The number of aliphatic hydroxyl groups excluding tert-OH is 1. The third-order valence-electron chi connectivity index (χ3n) is 12.2. The van der Waals surface area contributed by atoms with Crippen LogP contribution in [0.15, 0.2) is 12.2 Å². The fourth-order valence-electron chi connectivity index (χ4n) is 9.89. The zero-order valence-corrected chi connectivity index (χ0v) is 22.5. The molecule has 1 unspecified atom stereocenters. The molecule has 0 aliphatic heterocycles. The number of aliphatic hydroxyl groups is 2. The fourth-order valence-corrected chi connectivity index (χ4v) is 9.89. The summed E-state index contributed by atoms with van der Waals surface area (Å²) < 4.78 is 0. The molecule has 2 N–H and O–H groups in total. The molecule has 3 nitrogen and oxygen atoms in total. The number of Topliss-reactive ketones (excluding diaryl/α,β-unsaturated/α-hetero) is 1. The van der Waals surface area contributed by atoms with Crippen LogP contribution in [0.3, 0.4) is 0 Å². The first kappa shape index (κ1) is 25.4. The summed E-state index contributed by atoms with van der Waals surface area (Å²) in [6.07, 6.45) is 9.99. The lowest BCUT2D eigenvalue weighted by Crippen LogP contribution is -2.63. The molecule has 0 spiro atoms. The summed E-state index contributed by atoms with van der Waals surface area (Å²) in [7, 11) is 0. The van der Waals surface area contributed by atoms with E-state index in [-0.39, 0.29) is 10.8 Å². The van der Waals surface area contributed by atoms with Crippen LogP contribution >= 0.6 is 0 Å². The van der Waals surface area contributed by atoms with Gasteiger partial charge in [0.05, 0.1) is 11.7 Å². The molecule has 4 rings (SSSR count). The van der Waals surface area contributed by atoms with Crippen LogP contribution in [0.4, 0.5) is 0 Å². The molecule has 33 heavy (non-hydrogen) atoms. The molecule has 8 atom stereocenters. The molecule has 0 aromatic carbocycles. The molecule has 0 heterocycles. The van der Waals surface area contributed by atoms with E-state index < -0.39 is 11.7 Å². The first-order chi connectivity index (χ1) is 15.1. The number of rotatable bonds is 5. The second-order valence-electron chi connectivity index (χ2n) is 14.3. The van der Waals surface area contributed by atoms with Crippen molar-refractivity contribution in [2.75, 3.05) is 0 Å². The van der Waals surface area contributed by atoms with E-state index in [0.717, 1.165) is 19.3 Å². The highest BCUT2D eigenvalue weighted by atomic mass is 16.3. The quantitative estimate of drug-likeness (QED) is 0.450. The molecule has 3 heteroatoms. The monoisotopic (exact) mass is 458 g/mol. The summed E-state index contributed by atoms with van der Waals surface area (Å²) in [6, 6.07) is 0. The largest absolute Gasteiger partial charge is 0.390 e. The van der Waals surface area contributed by atoms with Crippen LogP contribution in [0.25, 0.3) is 0 Å². The minimum absolute atomic E-state index is 0.181. The molecule has 0 amide bonds. The van der Waals surface area contributed by atoms with Crippen LogP contribution in [0.2, 0.25) is 0 Å². The van der Waals surface area contributed by atoms with Crippen LogP contribution in [-0.4, -0.2) is 27.7 Å². The SMILES string of the molecule is C=C(CCC(O)C(C)(C)O)[C@@H]1CC[C@]2(C)[C@H]1CC[C@H]1[C@@]3(C)CCC(=O)C(C)(C)[C@@H]3CC[C@]12C. The van der Waals surface area contributed by atoms with E-state index in [1.807, 2.05) is 0 Å². The Morgan fingerprint density at radius 3 is 2.27 bits per heavy atom. The molecule has 188 valence electrons. The minimum Gasteiger partial charge on any atom is -0.390 e. The Balaban J connectivity index is 1.55. The van der Waals surface area contributed by atoms with E-state index in [4.69, 9.17) is 0 Å². The lowest BCUT2D eigenvalue weighted by atomic mass is 9.35. The van der Waals surface area contributed by atoms with E-state index in [9.17, 15) is 15.0 Å². The second-order valence-corrected chi connectivity index (χ2v) is 14.3. The summed E-state index contributed by atoms with van der Waals surface area (Å²) in [4.78, 5) is 12.8. The number of carbonyl (C=O) groups excluding carboxylic acids is 1. The van der Waals surface area contributed by atoms with Gasteiger partial charge in [0.15, 0.2) is 0 Å². The molecule has 0 bridgehead atoms. The van der Waals surface area contributed by atoms with E-state index in [1.165, 1.54) is 44.1 Å². The maximum Gasteiger partial charge on any atom is 0.138 e. The maximum absolute atomic E-state index is 12.8. The molecule has 4 aliphatic carbocycles. The summed E-state index contributed by atoms with van der Waals surface area (Å²) in [5.74, 6) is 2.90. The molecule has 4 aliphatic rings. The summed E-state index contributed by atoms with van der Waals surface area (Å²) in [6.45, 7) is 20.1. The van der Waals surface area contributed by atoms with Crippen molar-refractivity contribution in [2.45, 2.75) is 124 Å². The molecular weight excluding hydrogens is 408 g/mol. The van der Waals surface area contributed by atoms with E-state index >= 15 is 0 Å². The third-order valence-corrected chi connectivity index (χ3v) is 12.2. The van der Waals surface area contributed by atoms with Crippen molar-refractivity contribution < 1.29 is 15.0 Å². The average molecular weight is 459 g/mol. The number of allylic oxidation sites excluding steroid dienone is 1. The van der Waals surface area contributed by atoms with Gasteiger partial charge < -0.3 is 10.2 Å². The van der Waals surface area contributed by atoms with Gasteiger partial charge in [0.1, 0.15) is 5.78 Å². The maximum atomic E-state index is 12.8. The molecule has 0 aromatic heterocycles. The van der Waals surface area contributed by atoms with Gasteiger partial charge in [-0.15, -0.1) is 0 Å². The average Bonchev–Trinajstić information content (AvgIpc) is 3.07. The van der Waals surface area contributed by atoms with Crippen LogP contribution in [0.5, 0.6) is 0 Å². The van der Waals surface area contributed by atoms with Gasteiger partial charge in [0, 0.05) is 11.8 Å². The van der Waals surface area contributed by atoms with E-state index in [2.05, 4.69) is 41.2 Å². The third kappa shape index (κ3) is 3.62.